The molecule has 2 amide bonds. The van der Waals surface area contributed by atoms with Gasteiger partial charge >= 0.3 is 0 Å². The molecule has 0 bridgehead atoms. The molecular weight excluding hydrogens is 392 g/mol. The highest BCUT2D eigenvalue weighted by molar-refractivity contribution is 6.31. The average molecular weight is 411 g/mol. The maximum absolute atomic E-state index is 12.5. The fraction of sp³-hybridized carbons (Fsp3) is 0.200. The SMILES string of the molecule is Cn1cc(N2CCN(c3ccc(C(=O)Nc4cccc(Cl)c4)cn3)CC2=O)cn1. The number of rotatable bonds is 4. The van der Waals surface area contributed by atoms with E-state index in [1.807, 2.05) is 18.1 Å². The van der Waals surface area contributed by atoms with Crippen LogP contribution in [0.1, 0.15) is 10.4 Å². The van der Waals surface area contributed by atoms with Gasteiger partial charge in [-0.25, -0.2) is 4.98 Å². The number of pyridine rings is 1. The predicted molar refractivity (Wildman–Crippen MR) is 111 cm³/mol. The van der Waals surface area contributed by atoms with Crippen LogP contribution in [-0.4, -0.2) is 46.2 Å². The van der Waals surface area contributed by atoms with Crippen molar-refractivity contribution in [1.82, 2.24) is 14.8 Å². The smallest absolute Gasteiger partial charge is 0.257 e. The van der Waals surface area contributed by atoms with Crippen LogP contribution >= 0.6 is 11.6 Å². The molecule has 3 heterocycles. The Labute approximate surface area is 172 Å². The van der Waals surface area contributed by atoms with Crippen molar-refractivity contribution in [1.29, 1.82) is 0 Å². The zero-order valence-corrected chi connectivity index (χ0v) is 16.5. The summed E-state index contributed by atoms with van der Waals surface area (Å²) in [6.45, 7) is 1.40. The summed E-state index contributed by atoms with van der Waals surface area (Å²) in [7, 11) is 1.82. The van der Waals surface area contributed by atoms with Crippen molar-refractivity contribution in [2.45, 2.75) is 0 Å². The van der Waals surface area contributed by atoms with Crippen molar-refractivity contribution >= 4 is 40.6 Å². The number of anilines is 3. The molecule has 3 aromatic rings. The van der Waals surface area contributed by atoms with Crippen molar-refractivity contribution in [2.75, 3.05) is 34.8 Å². The topological polar surface area (TPSA) is 83.4 Å². The first kappa shape index (κ1) is 18.9. The lowest BCUT2D eigenvalue weighted by molar-refractivity contribution is -0.117. The number of carbonyl (C=O) groups excluding carboxylic acids is 2. The minimum Gasteiger partial charge on any atom is -0.345 e. The minimum absolute atomic E-state index is 0.0196. The van der Waals surface area contributed by atoms with E-state index in [-0.39, 0.29) is 18.4 Å². The van der Waals surface area contributed by atoms with Gasteiger partial charge in [0.15, 0.2) is 0 Å². The minimum atomic E-state index is -0.274. The van der Waals surface area contributed by atoms with Gasteiger partial charge in [0.2, 0.25) is 5.91 Å². The fourth-order valence-electron chi connectivity index (χ4n) is 3.17. The second-order valence-electron chi connectivity index (χ2n) is 6.71. The lowest BCUT2D eigenvalue weighted by Crippen LogP contribution is -2.50. The van der Waals surface area contributed by atoms with Gasteiger partial charge in [-0.05, 0) is 30.3 Å². The molecule has 0 unspecified atom stereocenters. The van der Waals surface area contributed by atoms with Crippen molar-refractivity contribution in [3.05, 3.63) is 65.6 Å². The van der Waals surface area contributed by atoms with Crippen LogP contribution in [0.15, 0.2) is 55.0 Å². The number of benzene rings is 1. The van der Waals surface area contributed by atoms with Crippen LogP contribution in [0, 0.1) is 0 Å². The number of aryl methyl sites for hydroxylation is 1. The molecule has 148 valence electrons. The highest BCUT2D eigenvalue weighted by Gasteiger charge is 2.26. The summed E-state index contributed by atoms with van der Waals surface area (Å²) in [5.41, 5.74) is 1.83. The van der Waals surface area contributed by atoms with Crippen LogP contribution in [0.25, 0.3) is 0 Å². The Bertz CT molecular complexity index is 1050. The van der Waals surface area contributed by atoms with E-state index >= 15 is 0 Å². The summed E-state index contributed by atoms with van der Waals surface area (Å²) < 4.78 is 1.67. The number of aromatic nitrogens is 3. The third-order valence-electron chi connectivity index (χ3n) is 4.64. The third kappa shape index (κ3) is 4.22. The molecule has 1 fully saturated rings. The van der Waals surface area contributed by atoms with Crippen LogP contribution in [0.2, 0.25) is 5.02 Å². The zero-order chi connectivity index (χ0) is 20.4. The fourth-order valence-corrected chi connectivity index (χ4v) is 3.36. The van der Waals surface area contributed by atoms with Gasteiger partial charge in [0, 0.05) is 43.2 Å². The highest BCUT2D eigenvalue weighted by Crippen LogP contribution is 2.20. The van der Waals surface area contributed by atoms with E-state index in [4.69, 9.17) is 11.6 Å². The van der Waals surface area contributed by atoms with E-state index < -0.39 is 0 Å². The van der Waals surface area contributed by atoms with Gasteiger partial charge in [0.1, 0.15) is 5.82 Å². The van der Waals surface area contributed by atoms with Crippen molar-refractivity contribution in [3.63, 3.8) is 0 Å². The molecule has 2 aromatic heterocycles. The predicted octanol–water partition coefficient (Wildman–Crippen LogP) is 2.57. The molecule has 1 aromatic carbocycles. The molecule has 0 atom stereocenters. The van der Waals surface area contributed by atoms with E-state index in [9.17, 15) is 9.59 Å². The zero-order valence-electron chi connectivity index (χ0n) is 15.7. The van der Waals surface area contributed by atoms with Crippen LogP contribution in [0.3, 0.4) is 0 Å². The number of nitrogens with zero attached hydrogens (tertiary/aromatic N) is 5. The van der Waals surface area contributed by atoms with Gasteiger partial charge in [0.25, 0.3) is 5.91 Å². The van der Waals surface area contributed by atoms with Crippen molar-refractivity contribution in [2.24, 2.45) is 7.05 Å². The quantitative estimate of drug-likeness (QED) is 0.714. The summed E-state index contributed by atoms with van der Waals surface area (Å²) in [6, 6.07) is 10.4. The number of hydrogen-bond acceptors (Lipinski definition) is 5. The normalized spacial score (nSPS) is 14.2. The van der Waals surface area contributed by atoms with Gasteiger partial charge in [0.05, 0.1) is 24.0 Å². The molecule has 0 spiro atoms. The monoisotopic (exact) mass is 410 g/mol. The Kier molecular flexibility index (Phi) is 5.18. The number of hydrogen-bond donors (Lipinski definition) is 1. The number of piperazine rings is 1. The summed E-state index contributed by atoms with van der Waals surface area (Å²) in [6.07, 6.45) is 5.01. The van der Waals surface area contributed by atoms with Crippen LogP contribution in [-0.2, 0) is 11.8 Å². The molecule has 1 saturated heterocycles. The van der Waals surface area contributed by atoms with Gasteiger partial charge in [-0.15, -0.1) is 0 Å². The van der Waals surface area contributed by atoms with E-state index in [1.165, 1.54) is 6.20 Å². The Balaban J connectivity index is 1.40. The van der Waals surface area contributed by atoms with E-state index in [1.54, 1.807) is 52.2 Å². The third-order valence-corrected chi connectivity index (χ3v) is 4.88. The van der Waals surface area contributed by atoms with E-state index in [2.05, 4.69) is 15.4 Å². The van der Waals surface area contributed by atoms with Crippen molar-refractivity contribution < 1.29 is 9.59 Å². The first-order valence-electron chi connectivity index (χ1n) is 9.06. The second-order valence-corrected chi connectivity index (χ2v) is 7.15. The molecule has 0 radical (unpaired) electrons. The maximum atomic E-state index is 12.5. The van der Waals surface area contributed by atoms with Gasteiger partial charge < -0.3 is 15.1 Å². The van der Waals surface area contributed by atoms with Crippen LogP contribution in [0.5, 0.6) is 0 Å². The number of nitrogens with one attached hydrogen (secondary N) is 1. The summed E-state index contributed by atoms with van der Waals surface area (Å²) in [5.74, 6) is 0.362. The molecule has 1 aliphatic heterocycles. The first-order chi connectivity index (χ1) is 14.0. The van der Waals surface area contributed by atoms with Gasteiger partial charge in [-0.2, -0.15) is 5.10 Å². The molecule has 0 aliphatic carbocycles. The number of amides is 2. The largest absolute Gasteiger partial charge is 0.345 e. The Morgan fingerprint density at radius 1 is 1.17 bits per heavy atom. The first-order valence-corrected chi connectivity index (χ1v) is 9.44. The summed E-state index contributed by atoms with van der Waals surface area (Å²) in [5, 5.41) is 7.45. The Hall–Kier alpha value is -3.39. The van der Waals surface area contributed by atoms with Crippen molar-refractivity contribution in [3.8, 4) is 0 Å². The van der Waals surface area contributed by atoms with Crippen LogP contribution in [0.4, 0.5) is 17.2 Å². The van der Waals surface area contributed by atoms with Gasteiger partial charge in [-0.1, -0.05) is 17.7 Å². The second kappa shape index (κ2) is 7.92. The number of halogens is 1. The van der Waals surface area contributed by atoms with Crippen LogP contribution < -0.4 is 15.1 Å². The molecule has 0 saturated carbocycles. The number of carbonyl (C=O) groups is 2. The molecule has 4 rings (SSSR count). The lowest BCUT2D eigenvalue weighted by Gasteiger charge is -2.34. The summed E-state index contributed by atoms with van der Waals surface area (Å²) >= 11 is 5.94. The standard InChI is InChI=1S/C20H19ClN6O2/c1-25-12-17(11-23-25)27-8-7-26(13-19(27)28)18-6-5-14(10-22-18)20(29)24-16-4-2-3-15(21)9-16/h2-6,9-12H,7-8,13H2,1H3,(H,24,29). The maximum Gasteiger partial charge on any atom is 0.257 e. The molecule has 1 aliphatic rings. The molecule has 9 heteroatoms. The molecule has 1 N–H and O–H groups in total. The lowest BCUT2D eigenvalue weighted by atomic mass is 10.2. The Morgan fingerprint density at radius 2 is 2.03 bits per heavy atom. The molecule has 8 nitrogen and oxygen atoms in total. The molecule has 29 heavy (non-hydrogen) atoms. The highest BCUT2D eigenvalue weighted by atomic mass is 35.5. The molecular formula is C20H19ClN6O2. The van der Waals surface area contributed by atoms with E-state index in [0.29, 0.717) is 35.2 Å². The summed E-state index contributed by atoms with van der Waals surface area (Å²) in [4.78, 5) is 32.9. The van der Waals surface area contributed by atoms with Gasteiger partial charge in [-0.3, -0.25) is 14.3 Å². The average Bonchev–Trinajstić information content (AvgIpc) is 3.14. The van der Waals surface area contributed by atoms with E-state index in [0.717, 1.165) is 5.69 Å². The Morgan fingerprint density at radius 3 is 2.69 bits per heavy atom.